The van der Waals surface area contributed by atoms with Crippen molar-refractivity contribution < 1.29 is 9.13 Å². The second kappa shape index (κ2) is 8.25. The maximum absolute atomic E-state index is 13.6. The molecule has 1 aliphatic carbocycles. The Kier molecular flexibility index (Phi) is 6.65. The molecule has 1 aromatic carbocycles. The molecule has 2 nitrogen and oxygen atoms in total. The molecule has 1 N–H and O–H groups in total. The number of hydrogen-bond acceptors (Lipinski definition) is 2. The van der Waals surface area contributed by atoms with Crippen molar-refractivity contribution in [2.24, 2.45) is 5.92 Å². The summed E-state index contributed by atoms with van der Waals surface area (Å²) < 4.78 is 19.8. The van der Waals surface area contributed by atoms with Gasteiger partial charge in [0.2, 0.25) is 0 Å². The fourth-order valence-corrected chi connectivity index (χ4v) is 3.57. The number of halogens is 2. The molecule has 118 valence electrons. The summed E-state index contributed by atoms with van der Waals surface area (Å²) in [6, 6.07) is 5.68. The predicted octanol–water partition coefficient (Wildman–Crippen LogP) is 4.31. The van der Waals surface area contributed by atoms with E-state index >= 15 is 0 Å². The molecule has 21 heavy (non-hydrogen) atoms. The summed E-state index contributed by atoms with van der Waals surface area (Å²) in [5, 5.41) is 3.54. The van der Waals surface area contributed by atoms with Gasteiger partial charge in [0, 0.05) is 12.6 Å². The summed E-state index contributed by atoms with van der Waals surface area (Å²) in [6.07, 6.45) is 4.80. The third-order valence-electron chi connectivity index (χ3n) is 4.20. The molecule has 1 fully saturated rings. The molecule has 0 amide bonds. The van der Waals surface area contributed by atoms with Gasteiger partial charge in [0.25, 0.3) is 0 Å². The fourth-order valence-electron chi connectivity index (χ4n) is 3.14. The summed E-state index contributed by atoms with van der Waals surface area (Å²) in [5.74, 6) is 0.556. The zero-order valence-corrected chi connectivity index (χ0v) is 14.5. The van der Waals surface area contributed by atoms with Crippen LogP contribution < -0.4 is 5.32 Å². The van der Waals surface area contributed by atoms with E-state index in [9.17, 15) is 4.39 Å². The second-order valence-corrected chi connectivity index (χ2v) is 6.62. The van der Waals surface area contributed by atoms with E-state index in [1.54, 1.807) is 6.07 Å². The second-order valence-electron chi connectivity index (χ2n) is 5.82. The first-order chi connectivity index (χ1) is 10.1. The van der Waals surface area contributed by atoms with Gasteiger partial charge in [-0.05, 0) is 72.6 Å². The minimum atomic E-state index is -0.178. The van der Waals surface area contributed by atoms with Gasteiger partial charge in [0.15, 0.2) is 0 Å². The molecule has 1 aromatic rings. The standard InChI is InChI=1S/C17H25BrFNO/c1-3-20-14(8-12-9-15(10-12)21-4-2)11-13-6-5-7-16(19)17(13)18/h5-7,12,14-15,20H,3-4,8-11H2,1-2H3. The summed E-state index contributed by atoms with van der Waals surface area (Å²) in [5.41, 5.74) is 1.04. The van der Waals surface area contributed by atoms with Crippen LogP contribution in [-0.2, 0) is 11.2 Å². The van der Waals surface area contributed by atoms with Crippen LogP contribution in [0, 0.1) is 11.7 Å². The monoisotopic (exact) mass is 357 g/mol. The van der Waals surface area contributed by atoms with Crippen LogP contribution in [0.5, 0.6) is 0 Å². The van der Waals surface area contributed by atoms with Gasteiger partial charge < -0.3 is 10.1 Å². The largest absolute Gasteiger partial charge is 0.378 e. The number of nitrogens with one attached hydrogen (secondary N) is 1. The molecule has 1 aliphatic rings. The van der Waals surface area contributed by atoms with E-state index in [1.807, 2.05) is 6.07 Å². The van der Waals surface area contributed by atoms with E-state index in [4.69, 9.17) is 4.74 Å². The minimum absolute atomic E-state index is 0.178. The summed E-state index contributed by atoms with van der Waals surface area (Å²) >= 11 is 3.36. The van der Waals surface area contributed by atoms with Crippen LogP contribution in [-0.4, -0.2) is 25.3 Å². The highest BCUT2D eigenvalue weighted by Crippen LogP contribution is 2.34. The van der Waals surface area contributed by atoms with E-state index < -0.39 is 0 Å². The predicted molar refractivity (Wildman–Crippen MR) is 88.0 cm³/mol. The molecular formula is C17H25BrFNO. The molecule has 0 spiro atoms. The highest BCUT2D eigenvalue weighted by Gasteiger charge is 2.31. The van der Waals surface area contributed by atoms with Gasteiger partial charge in [-0.2, -0.15) is 0 Å². The molecule has 0 bridgehead atoms. The highest BCUT2D eigenvalue weighted by atomic mass is 79.9. The van der Waals surface area contributed by atoms with Gasteiger partial charge in [-0.15, -0.1) is 0 Å². The number of rotatable bonds is 8. The summed E-state index contributed by atoms with van der Waals surface area (Å²) in [6.45, 7) is 5.93. The maximum atomic E-state index is 13.6. The molecule has 1 unspecified atom stereocenters. The zero-order chi connectivity index (χ0) is 15.2. The van der Waals surface area contributed by atoms with Crippen molar-refractivity contribution in [2.75, 3.05) is 13.2 Å². The number of hydrogen-bond donors (Lipinski definition) is 1. The van der Waals surface area contributed by atoms with Crippen LogP contribution in [0.15, 0.2) is 22.7 Å². The molecule has 0 radical (unpaired) electrons. The topological polar surface area (TPSA) is 21.3 Å². The van der Waals surface area contributed by atoms with Crippen molar-refractivity contribution in [2.45, 2.75) is 51.7 Å². The van der Waals surface area contributed by atoms with E-state index in [-0.39, 0.29) is 5.82 Å². The van der Waals surface area contributed by atoms with E-state index in [2.05, 4.69) is 35.1 Å². The van der Waals surface area contributed by atoms with E-state index in [0.717, 1.165) is 37.5 Å². The highest BCUT2D eigenvalue weighted by molar-refractivity contribution is 9.10. The van der Waals surface area contributed by atoms with Crippen molar-refractivity contribution in [3.8, 4) is 0 Å². The minimum Gasteiger partial charge on any atom is -0.378 e. The Labute approximate surface area is 135 Å². The zero-order valence-electron chi connectivity index (χ0n) is 12.9. The van der Waals surface area contributed by atoms with Gasteiger partial charge in [-0.3, -0.25) is 0 Å². The van der Waals surface area contributed by atoms with Gasteiger partial charge in [0.1, 0.15) is 5.82 Å². The Bertz CT molecular complexity index is 448. The van der Waals surface area contributed by atoms with Crippen LogP contribution in [0.25, 0.3) is 0 Å². The first-order valence-corrected chi connectivity index (χ1v) is 8.71. The van der Waals surface area contributed by atoms with E-state index in [0.29, 0.717) is 16.6 Å². The first-order valence-electron chi connectivity index (χ1n) is 7.91. The number of ether oxygens (including phenoxy) is 1. The normalized spacial score (nSPS) is 22.9. The van der Waals surface area contributed by atoms with Crippen LogP contribution in [0.4, 0.5) is 4.39 Å². The van der Waals surface area contributed by atoms with Gasteiger partial charge in [0.05, 0.1) is 10.6 Å². The van der Waals surface area contributed by atoms with Crippen LogP contribution in [0.1, 0.15) is 38.7 Å². The molecular weight excluding hydrogens is 333 g/mol. The molecule has 0 saturated heterocycles. The maximum Gasteiger partial charge on any atom is 0.137 e. The summed E-state index contributed by atoms with van der Waals surface area (Å²) in [4.78, 5) is 0. The van der Waals surface area contributed by atoms with Crippen molar-refractivity contribution in [3.63, 3.8) is 0 Å². The first kappa shape index (κ1) is 16.9. The van der Waals surface area contributed by atoms with Crippen molar-refractivity contribution in [3.05, 3.63) is 34.1 Å². The molecule has 0 aromatic heterocycles. The molecule has 0 aliphatic heterocycles. The number of benzene rings is 1. The third-order valence-corrected chi connectivity index (χ3v) is 5.09. The lowest BCUT2D eigenvalue weighted by atomic mass is 9.77. The Balaban J connectivity index is 1.89. The van der Waals surface area contributed by atoms with Crippen molar-refractivity contribution in [1.82, 2.24) is 5.32 Å². The average molecular weight is 358 g/mol. The molecule has 4 heteroatoms. The fraction of sp³-hybridized carbons (Fsp3) is 0.647. The van der Waals surface area contributed by atoms with Crippen LogP contribution >= 0.6 is 15.9 Å². The SMILES string of the molecule is CCNC(Cc1cccc(F)c1Br)CC1CC(OCC)C1. The molecule has 2 rings (SSSR count). The van der Waals surface area contributed by atoms with Gasteiger partial charge in [-0.1, -0.05) is 19.1 Å². The Morgan fingerprint density at radius 1 is 1.38 bits per heavy atom. The van der Waals surface area contributed by atoms with Crippen LogP contribution in [0.2, 0.25) is 0 Å². The smallest absolute Gasteiger partial charge is 0.137 e. The Morgan fingerprint density at radius 3 is 2.81 bits per heavy atom. The molecule has 1 saturated carbocycles. The quantitative estimate of drug-likeness (QED) is 0.748. The summed E-state index contributed by atoms with van der Waals surface area (Å²) in [7, 11) is 0. The van der Waals surface area contributed by atoms with E-state index in [1.165, 1.54) is 18.9 Å². The third kappa shape index (κ3) is 4.76. The van der Waals surface area contributed by atoms with Crippen molar-refractivity contribution in [1.29, 1.82) is 0 Å². The Hall–Kier alpha value is -0.450. The van der Waals surface area contributed by atoms with Crippen molar-refractivity contribution >= 4 is 15.9 Å². The Morgan fingerprint density at radius 2 is 2.14 bits per heavy atom. The number of likely N-dealkylation sites (N-methyl/N-ethyl adjacent to an activating group) is 1. The average Bonchev–Trinajstić information content (AvgIpc) is 2.42. The molecule has 1 atom stereocenters. The lowest BCUT2D eigenvalue weighted by molar-refractivity contribution is -0.0289. The lowest BCUT2D eigenvalue weighted by Crippen LogP contribution is -2.39. The van der Waals surface area contributed by atoms with Gasteiger partial charge in [-0.25, -0.2) is 4.39 Å². The van der Waals surface area contributed by atoms with Crippen LogP contribution in [0.3, 0.4) is 0 Å². The molecule has 0 heterocycles. The van der Waals surface area contributed by atoms with Gasteiger partial charge >= 0.3 is 0 Å². The lowest BCUT2D eigenvalue weighted by Gasteiger charge is -2.37.